The monoisotopic (exact) mass is 371 g/mol. The lowest BCUT2D eigenvalue weighted by atomic mass is 10.0. The number of hydrogen-bond donors (Lipinski definition) is 1. The summed E-state index contributed by atoms with van der Waals surface area (Å²) in [7, 11) is 2.06. The van der Waals surface area contributed by atoms with Crippen LogP contribution in [0.15, 0.2) is 34.6 Å². The highest BCUT2D eigenvalue weighted by Gasteiger charge is 2.11. The predicted molar refractivity (Wildman–Crippen MR) is 109 cm³/mol. The van der Waals surface area contributed by atoms with Crippen LogP contribution in [0.5, 0.6) is 5.75 Å². The van der Waals surface area contributed by atoms with Crippen molar-refractivity contribution in [3.05, 3.63) is 50.7 Å². The zero-order valence-corrected chi connectivity index (χ0v) is 16.9. The summed E-state index contributed by atoms with van der Waals surface area (Å²) in [5, 5.41) is 6.80. The molecule has 0 fully saturated rings. The topological polar surface area (TPSA) is 36.9 Å². The summed E-state index contributed by atoms with van der Waals surface area (Å²) in [5.41, 5.74) is 2.63. The summed E-state index contributed by atoms with van der Waals surface area (Å²) in [4.78, 5) is 6.70. The highest BCUT2D eigenvalue weighted by Crippen LogP contribution is 2.20. The molecule has 2 aromatic rings. The third-order valence-electron chi connectivity index (χ3n) is 4.67. The van der Waals surface area contributed by atoms with E-state index >= 15 is 0 Å². The number of ether oxygens (including phenoxy) is 1. The molecule has 2 heterocycles. The molecular weight excluding hydrogens is 342 g/mol. The zero-order valence-electron chi connectivity index (χ0n) is 16.0. The molecule has 1 N–H and O–H groups in total. The molecule has 0 unspecified atom stereocenters. The molecule has 0 saturated heterocycles. The average molecular weight is 372 g/mol. The molecule has 1 aliphatic rings. The smallest absolute Gasteiger partial charge is 0.123 e. The second-order valence-electron chi connectivity index (χ2n) is 6.82. The van der Waals surface area contributed by atoms with E-state index in [4.69, 9.17) is 4.74 Å². The fraction of sp³-hybridized carbons (Fsp3) is 0.476. The van der Waals surface area contributed by atoms with Crippen LogP contribution >= 0.6 is 11.3 Å². The van der Waals surface area contributed by atoms with Crippen LogP contribution < -0.4 is 19.9 Å². The minimum Gasteiger partial charge on any atom is -0.491 e. The summed E-state index contributed by atoms with van der Waals surface area (Å²) in [6, 6.07) is 8.71. The number of rotatable bonds is 9. The Morgan fingerprint density at radius 1 is 1.27 bits per heavy atom. The molecule has 1 aliphatic heterocycles. The van der Waals surface area contributed by atoms with Gasteiger partial charge in [0, 0.05) is 7.05 Å². The minimum atomic E-state index is 0.643. The van der Waals surface area contributed by atoms with E-state index in [0.29, 0.717) is 13.3 Å². The fourth-order valence-electron chi connectivity index (χ4n) is 3.22. The van der Waals surface area contributed by atoms with Crippen molar-refractivity contribution in [1.82, 2.24) is 10.2 Å². The molecule has 0 amide bonds. The largest absolute Gasteiger partial charge is 0.491 e. The van der Waals surface area contributed by atoms with Crippen molar-refractivity contribution in [2.45, 2.75) is 39.5 Å². The zero-order chi connectivity index (χ0) is 18.4. The van der Waals surface area contributed by atoms with Gasteiger partial charge in [0.25, 0.3) is 0 Å². The summed E-state index contributed by atoms with van der Waals surface area (Å²) >= 11 is 1.69. The maximum Gasteiger partial charge on any atom is 0.123 e. The van der Waals surface area contributed by atoms with Crippen LogP contribution in [0.1, 0.15) is 37.3 Å². The number of thiophene rings is 1. The number of aryl methyl sites for hydroxylation is 2. The van der Waals surface area contributed by atoms with Gasteiger partial charge in [0.15, 0.2) is 0 Å². The van der Waals surface area contributed by atoms with Gasteiger partial charge in [0.05, 0.1) is 11.8 Å². The van der Waals surface area contributed by atoms with Crippen molar-refractivity contribution in [1.29, 1.82) is 0 Å². The SMILES string of the molecule is CCCCCc1ccc(OCCNC2=c3ccsc3=NCN2C)c(C)c1. The molecule has 26 heavy (non-hydrogen) atoms. The second kappa shape index (κ2) is 9.08. The Bertz CT molecular complexity index is 843. The van der Waals surface area contributed by atoms with E-state index in [2.05, 4.69) is 65.7 Å². The number of hydrogen-bond acceptors (Lipinski definition) is 5. The number of unbranched alkanes of at least 4 members (excludes halogenated alkanes) is 2. The van der Waals surface area contributed by atoms with E-state index < -0.39 is 0 Å². The molecule has 1 aromatic carbocycles. The molecule has 0 bridgehead atoms. The first-order valence-electron chi connectivity index (χ1n) is 9.48. The van der Waals surface area contributed by atoms with Crippen molar-refractivity contribution in [2.75, 3.05) is 26.9 Å². The maximum absolute atomic E-state index is 6.00. The second-order valence-corrected chi connectivity index (χ2v) is 7.71. The van der Waals surface area contributed by atoms with Gasteiger partial charge in [-0.05, 0) is 48.4 Å². The molecule has 1 aromatic heterocycles. The van der Waals surface area contributed by atoms with Crippen LogP contribution in [-0.2, 0) is 6.42 Å². The average Bonchev–Trinajstić information content (AvgIpc) is 3.10. The highest BCUT2D eigenvalue weighted by molar-refractivity contribution is 7.07. The third kappa shape index (κ3) is 4.58. The number of fused-ring (bicyclic) bond motifs is 1. The van der Waals surface area contributed by atoms with Crippen molar-refractivity contribution in [2.24, 2.45) is 4.99 Å². The standard InChI is InChI=1S/C21H29N3OS/c1-4-5-6-7-17-8-9-19(16(2)14-17)25-12-11-22-20-18-10-13-26-21(18)23-15-24(20)3/h8-10,13-14,22H,4-7,11-12,15H2,1-3H3. The van der Waals surface area contributed by atoms with Crippen LogP contribution in [0.3, 0.4) is 0 Å². The Morgan fingerprint density at radius 3 is 2.96 bits per heavy atom. The lowest BCUT2D eigenvalue weighted by Gasteiger charge is -2.24. The number of benzene rings is 1. The van der Waals surface area contributed by atoms with E-state index in [0.717, 1.165) is 29.2 Å². The number of nitrogens with one attached hydrogen (secondary N) is 1. The Hall–Kier alpha value is -2.01. The van der Waals surface area contributed by atoms with E-state index in [9.17, 15) is 0 Å². The fourth-order valence-corrected chi connectivity index (χ4v) is 3.98. The van der Waals surface area contributed by atoms with Crippen molar-refractivity contribution in [3.8, 4) is 5.75 Å². The van der Waals surface area contributed by atoms with Gasteiger partial charge < -0.3 is 15.0 Å². The van der Waals surface area contributed by atoms with Crippen molar-refractivity contribution in [3.63, 3.8) is 0 Å². The molecule has 0 spiro atoms. The van der Waals surface area contributed by atoms with Crippen LogP contribution in [0, 0.1) is 6.92 Å². The Morgan fingerprint density at radius 2 is 2.15 bits per heavy atom. The van der Waals surface area contributed by atoms with Gasteiger partial charge in [0.1, 0.15) is 29.5 Å². The quantitative estimate of drug-likeness (QED) is 0.689. The Labute approximate surface area is 160 Å². The van der Waals surface area contributed by atoms with Crippen LogP contribution in [0.2, 0.25) is 0 Å². The Kier molecular flexibility index (Phi) is 6.56. The summed E-state index contributed by atoms with van der Waals surface area (Å²) in [6.07, 6.45) is 5.00. The third-order valence-corrected chi connectivity index (χ3v) is 5.51. The van der Waals surface area contributed by atoms with Gasteiger partial charge in [-0.2, -0.15) is 0 Å². The van der Waals surface area contributed by atoms with Gasteiger partial charge in [-0.1, -0.05) is 31.9 Å². The molecule has 0 aliphatic carbocycles. The summed E-state index contributed by atoms with van der Waals surface area (Å²) in [5.74, 6) is 2.13. The molecule has 0 saturated carbocycles. The minimum absolute atomic E-state index is 0.643. The van der Waals surface area contributed by atoms with E-state index in [-0.39, 0.29) is 0 Å². The van der Waals surface area contributed by atoms with Gasteiger partial charge >= 0.3 is 0 Å². The molecule has 0 radical (unpaired) electrons. The number of nitrogens with zero attached hydrogens (tertiary/aromatic N) is 2. The van der Waals surface area contributed by atoms with Crippen LogP contribution in [0.25, 0.3) is 5.82 Å². The van der Waals surface area contributed by atoms with Gasteiger partial charge in [0.2, 0.25) is 0 Å². The lowest BCUT2D eigenvalue weighted by molar-refractivity contribution is 0.314. The molecule has 4 nitrogen and oxygen atoms in total. The summed E-state index contributed by atoms with van der Waals surface area (Å²) in [6.45, 7) is 6.49. The molecule has 5 heteroatoms. The van der Waals surface area contributed by atoms with E-state index in [1.807, 2.05) is 0 Å². The van der Waals surface area contributed by atoms with Gasteiger partial charge in [-0.3, -0.25) is 4.99 Å². The van der Waals surface area contributed by atoms with Crippen LogP contribution in [0.4, 0.5) is 0 Å². The Balaban J connectivity index is 1.53. The maximum atomic E-state index is 6.00. The normalized spacial score (nSPS) is 13.3. The summed E-state index contributed by atoms with van der Waals surface area (Å²) < 4.78 is 7.11. The van der Waals surface area contributed by atoms with Crippen LogP contribution in [-0.4, -0.2) is 31.8 Å². The van der Waals surface area contributed by atoms with E-state index in [1.54, 1.807) is 11.3 Å². The predicted octanol–water partition coefficient (Wildman–Crippen LogP) is 3.05. The molecule has 140 valence electrons. The first-order valence-corrected chi connectivity index (χ1v) is 10.4. The van der Waals surface area contributed by atoms with E-state index in [1.165, 1.54) is 35.6 Å². The van der Waals surface area contributed by atoms with Crippen molar-refractivity contribution >= 4 is 17.2 Å². The molecule has 3 rings (SSSR count). The lowest BCUT2D eigenvalue weighted by Crippen LogP contribution is -2.42. The first kappa shape index (κ1) is 18.8. The highest BCUT2D eigenvalue weighted by atomic mass is 32.1. The van der Waals surface area contributed by atoms with Gasteiger partial charge in [-0.15, -0.1) is 11.3 Å². The molecule has 0 atom stereocenters. The van der Waals surface area contributed by atoms with Gasteiger partial charge in [-0.25, -0.2) is 0 Å². The van der Waals surface area contributed by atoms with Crippen molar-refractivity contribution < 1.29 is 4.74 Å². The molecular formula is C21H29N3OS. The first-order chi connectivity index (χ1) is 12.7.